The van der Waals surface area contributed by atoms with E-state index >= 15 is 0 Å². The van der Waals surface area contributed by atoms with Gasteiger partial charge in [-0.2, -0.15) is 0 Å². The molecule has 8 rings (SSSR count). The molecule has 3 saturated heterocycles. The van der Waals surface area contributed by atoms with Crippen molar-refractivity contribution in [2.75, 3.05) is 26.2 Å². The Balaban J connectivity index is 0.907. The molecule has 0 spiro atoms. The smallest absolute Gasteiger partial charge is 0.245 e. The lowest BCUT2D eigenvalue weighted by Crippen LogP contribution is -2.46. The van der Waals surface area contributed by atoms with Gasteiger partial charge in [0.05, 0.1) is 41.9 Å². The molecule has 56 heavy (non-hydrogen) atoms. The molecule has 3 aliphatic rings. The van der Waals surface area contributed by atoms with E-state index in [0.717, 1.165) is 109 Å². The third kappa shape index (κ3) is 7.93. The number of piperidine rings is 1. The normalized spacial score (nSPS) is 19.9. The number of nitrogens with two attached hydrogens (primary N) is 1. The minimum Gasteiger partial charge on any atom is -0.340 e. The largest absolute Gasteiger partial charge is 0.340 e. The first-order valence-electron chi connectivity index (χ1n) is 20.3. The van der Waals surface area contributed by atoms with Gasteiger partial charge in [0.1, 0.15) is 17.7 Å². The van der Waals surface area contributed by atoms with Gasteiger partial charge in [0.2, 0.25) is 11.8 Å². The standard InChI is InChI=1S/C46H52N8O2/c1-31(2)41(47)45(55)53-27-9-13-39(53)43-48-29-37(50-43)34-21-17-32(18-22-34)15-16-33-19-23-35(24-20-33)38-30-49-44(51-38)40-14-10-28-54(40)46(56)42(36-11-5-3-6-12-36)52-25-7-4-8-26-52/h3,5-6,11-12,17-24,29-31,39-42H,4,7-10,13-14,25-28,47H2,1-2H3,(H,48,50)(H,49,51)/t39-,40-,41-,42+/m0/s1. The zero-order valence-electron chi connectivity index (χ0n) is 32.5. The van der Waals surface area contributed by atoms with Crippen LogP contribution < -0.4 is 5.73 Å². The molecule has 4 atom stereocenters. The average Bonchev–Trinajstić information content (AvgIpc) is 4.08. The molecule has 5 aromatic rings. The van der Waals surface area contributed by atoms with Crippen LogP contribution in [0.4, 0.5) is 0 Å². The molecule has 0 aliphatic carbocycles. The maximum absolute atomic E-state index is 14.3. The molecule has 2 amide bonds. The van der Waals surface area contributed by atoms with Crippen LogP contribution in [0.1, 0.15) is 105 Å². The van der Waals surface area contributed by atoms with Crippen LogP contribution in [0.2, 0.25) is 0 Å². The highest BCUT2D eigenvalue weighted by Crippen LogP contribution is 2.37. The van der Waals surface area contributed by atoms with Gasteiger partial charge in [0, 0.05) is 24.2 Å². The van der Waals surface area contributed by atoms with Gasteiger partial charge in [-0.05, 0) is 98.5 Å². The fraction of sp³-hybridized carbons (Fsp3) is 0.391. The fourth-order valence-corrected chi connectivity index (χ4v) is 8.50. The van der Waals surface area contributed by atoms with Gasteiger partial charge in [-0.3, -0.25) is 14.5 Å². The molecule has 3 aromatic carbocycles. The Labute approximate surface area is 329 Å². The second kappa shape index (κ2) is 16.7. The van der Waals surface area contributed by atoms with E-state index in [2.05, 4.69) is 60.9 Å². The molecular formula is C46H52N8O2. The Morgan fingerprint density at radius 3 is 1.66 bits per heavy atom. The highest BCUT2D eigenvalue weighted by atomic mass is 16.2. The van der Waals surface area contributed by atoms with E-state index in [1.807, 2.05) is 85.7 Å². The number of nitrogens with one attached hydrogen (secondary N) is 2. The molecule has 0 saturated carbocycles. The summed E-state index contributed by atoms with van der Waals surface area (Å²) in [6, 6.07) is 25.7. The summed E-state index contributed by atoms with van der Waals surface area (Å²) in [7, 11) is 0. The number of amides is 2. The third-order valence-corrected chi connectivity index (χ3v) is 11.7. The van der Waals surface area contributed by atoms with E-state index in [0.29, 0.717) is 6.54 Å². The summed E-state index contributed by atoms with van der Waals surface area (Å²) in [5, 5.41) is 0. The molecule has 2 aromatic heterocycles. The van der Waals surface area contributed by atoms with Crippen molar-refractivity contribution >= 4 is 11.8 Å². The predicted octanol–water partition coefficient (Wildman–Crippen LogP) is 7.40. The summed E-state index contributed by atoms with van der Waals surface area (Å²) in [4.78, 5) is 50.1. The van der Waals surface area contributed by atoms with E-state index in [-0.39, 0.29) is 35.9 Å². The maximum Gasteiger partial charge on any atom is 0.245 e. The first-order valence-corrected chi connectivity index (χ1v) is 20.3. The quantitative estimate of drug-likeness (QED) is 0.135. The Hall–Kier alpha value is -5.50. The third-order valence-electron chi connectivity index (χ3n) is 11.7. The Bertz CT molecular complexity index is 2170. The number of H-pyrrole nitrogens is 2. The number of aromatic amines is 2. The van der Waals surface area contributed by atoms with Gasteiger partial charge in [-0.1, -0.05) is 86.7 Å². The van der Waals surface area contributed by atoms with Crippen molar-refractivity contribution in [3.8, 4) is 34.4 Å². The zero-order valence-corrected chi connectivity index (χ0v) is 32.5. The number of carbonyl (C=O) groups excluding carboxylic acids is 2. The number of imidazole rings is 2. The second-order valence-corrected chi connectivity index (χ2v) is 15.8. The topological polar surface area (TPSA) is 127 Å². The lowest BCUT2D eigenvalue weighted by molar-refractivity contribution is -0.139. The SMILES string of the molecule is CC(C)[C@H](N)C(=O)N1CCC[C@H]1c1ncc(-c2ccc(C#Cc3ccc(-c4cnc([C@@H]5CCCN5C(=O)[C@@H](c5ccccc5)N5CCCCC5)[nH]4)cc3)cc2)[nH]1. The first kappa shape index (κ1) is 37.4. The molecular weight excluding hydrogens is 697 g/mol. The van der Waals surface area contributed by atoms with Gasteiger partial charge >= 0.3 is 0 Å². The van der Waals surface area contributed by atoms with Gasteiger partial charge in [0.25, 0.3) is 0 Å². The fourth-order valence-electron chi connectivity index (χ4n) is 8.50. The van der Waals surface area contributed by atoms with Gasteiger partial charge in [0.15, 0.2) is 0 Å². The van der Waals surface area contributed by atoms with Crippen molar-refractivity contribution in [3.63, 3.8) is 0 Å². The van der Waals surface area contributed by atoms with Gasteiger partial charge in [-0.15, -0.1) is 0 Å². The van der Waals surface area contributed by atoms with Crippen LogP contribution in [0, 0.1) is 17.8 Å². The number of nitrogens with zero attached hydrogens (tertiary/aromatic N) is 5. The lowest BCUT2D eigenvalue weighted by Gasteiger charge is -2.37. The molecule has 4 N–H and O–H groups in total. The number of aromatic nitrogens is 4. The van der Waals surface area contributed by atoms with Crippen molar-refractivity contribution in [3.05, 3.63) is 120 Å². The zero-order chi connectivity index (χ0) is 38.6. The van der Waals surface area contributed by atoms with Crippen LogP contribution >= 0.6 is 0 Å². The molecule has 288 valence electrons. The molecule has 10 heteroatoms. The summed E-state index contributed by atoms with van der Waals surface area (Å²) in [5.74, 6) is 8.50. The van der Waals surface area contributed by atoms with Crippen LogP contribution in [-0.2, 0) is 9.59 Å². The molecule has 3 fully saturated rings. The van der Waals surface area contributed by atoms with Crippen LogP contribution in [0.25, 0.3) is 22.5 Å². The minimum atomic E-state index is -0.503. The van der Waals surface area contributed by atoms with E-state index in [1.54, 1.807) is 0 Å². The Morgan fingerprint density at radius 2 is 1.16 bits per heavy atom. The van der Waals surface area contributed by atoms with E-state index in [4.69, 9.17) is 10.7 Å². The molecule has 0 radical (unpaired) electrons. The summed E-state index contributed by atoms with van der Waals surface area (Å²) in [6.07, 6.45) is 10.9. The second-order valence-electron chi connectivity index (χ2n) is 15.8. The number of benzene rings is 3. The van der Waals surface area contributed by atoms with Crippen LogP contribution in [0.3, 0.4) is 0 Å². The summed E-state index contributed by atoms with van der Waals surface area (Å²) >= 11 is 0. The summed E-state index contributed by atoms with van der Waals surface area (Å²) in [6.45, 7) is 7.32. The van der Waals surface area contributed by atoms with Gasteiger partial charge < -0.3 is 25.5 Å². The number of hydrogen-bond donors (Lipinski definition) is 3. The van der Waals surface area contributed by atoms with E-state index in [1.165, 1.54) is 6.42 Å². The summed E-state index contributed by atoms with van der Waals surface area (Å²) in [5.41, 5.74) is 13.0. The van der Waals surface area contributed by atoms with Crippen LogP contribution in [-0.4, -0.2) is 78.7 Å². The highest BCUT2D eigenvalue weighted by molar-refractivity contribution is 5.84. The molecule has 5 heterocycles. The average molecular weight is 749 g/mol. The van der Waals surface area contributed by atoms with Crippen LogP contribution in [0.5, 0.6) is 0 Å². The van der Waals surface area contributed by atoms with Crippen molar-refractivity contribution in [1.82, 2.24) is 34.6 Å². The molecule has 0 unspecified atom stereocenters. The van der Waals surface area contributed by atoms with E-state index < -0.39 is 6.04 Å². The minimum absolute atomic E-state index is 0.00521. The number of likely N-dealkylation sites (tertiary alicyclic amines) is 3. The maximum atomic E-state index is 14.3. The van der Waals surface area contributed by atoms with Crippen molar-refractivity contribution in [2.24, 2.45) is 11.7 Å². The number of hydrogen-bond acceptors (Lipinski definition) is 6. The van der Waals surface area contributed by atoms with Crippen LogP contribution in [0.15, 0.2) is 91.3 Å². The Kier molecular flexibility index (Phi) is 11.2. The molecule has 10 nitrogen and oxygen atoms in total. The van der Waals surface area contributed by atoms with Crippen molar-refractivity contribution < 1.29 is 9.59 Å². The molecule has 0 bridgehead atoms. The number of carbonyl (C=O) groups is 2. The lowest BCUT2D eigenvalue weighted by atomic mass is 10.00. The first-order chi connectivity index (χ1) is 27.3. The predicted molar refractivity (Wildman–Crippen MR) is 219 cm³/mol. The number of rotatable bonds is 9. The van der Waals surface area contributed by atoms with Crippen molar-refractivity contribution in [1.29, 1.82) is 0 Å². The van der Waals surface area contributed by atoms with Gasteiger partial charge in [-0.25, -0.2) is 9.97 Å². The highest BCUT2D eigenvalue weighted by Gasteiger charge is 2.39. The Morgan fingerprint density at radius 1 is 0.661 bits per heavy atom. The summed E-state index contributed by atoms with van der Waals surface area (Å²) < 4.78 is 0. The van der Waals surface area contributed by atoms with Crippen molar-refractivity contribution in [2.45, 2.75) is 83.0 Å². The van der Waals surface area contributed by atoms with E-state index in [9.17, 15) is 9.59 Å². The monoisotopic (exact) mass is 748 g/mol. The molecule has 3 aliphatic heterocycles.